The van der Waals surface area contributed by atoms with Crippen LogP contribution >= 0.6 is 11.8 Å². The Kier molecular flexibility index (Phi) is 6.98. The van der Waals surface area contributed by atoms with E-state index in [1.54, 1.807) is 18.8 Å². The summed E-state index contributed by atoms with van der Waals surface area (Å²) in [7, 11) is 1.75. The Morgan fingerprint density at radius 2 is 2.12 bits per heavy atom. The molecular weight excluding hydrogens is 318 g/mol. The molecule has 0 heterocycles. The molecule has 0 saturated heterocycles. The number of hydrogen-bond acceptors (Lipinski definition) is 3. The highest BCUT2D eigenvalue weighted by Gasteiger charge is 2.19. The third-order valence-corrected chi connectivity index (χ3v) is 4.88. The van der Waals surface area contributed by atoms with E-state index >= 15 is 0 Å². The van der Waals surface area contributed by atoms with Gasteiger partial charge in [-0.2, -0.15) is 0 Å². The van der Waals surface area contributed by atoms with Crippen molar-refractivity contribution in [1.29, 1.82) is 0 Å². The van der Waals surface area contributed by atoms with Crippen molar-refractivity contribution in [3.8, 4) is 5.75 Å². The molecular formula is C20H27NO2S. The van der Waals surface area contributed by atoms with Gasteiger partial charge in [0.2, 0.25) is 6.41 Å². The highest BCUT2D eigenvalue weighted by Crippen LogP contribution is 2.34. The summed E-state index contributed by atoms with van der Waals surface area (Å²) in [5.74, 6) is 1.58. The van der Waals surface area contributed by atoms with Crippen molar-refractivity contribution >= 4 is 23.7 Å². The first kappa shape index (κ1) is 18.7. The van der Waals surface area contributed by atoms with E-state index in [2.05, 4.69) is 38.3 Å². The van der Waals surface area contributed by atoms with Crippen LogP contribution in [0.25, 0.3) is 5.57 Å². The molecule has 2 rings (SSSR count). The average Bonchev–Trinajstić information content (AvgIpc) is 2.52. The Bertz CT molecular complexity index is 629. The molecule has 3 nitrogen and oxygen atoms in total. The second kappa shape index (κ2) is 8.97. The first-order valence-electron chi connectivity index (χ1n) is 8.38. The molecule has 0 radical (unpaired) electrons. The number of carbonyl (C=O) groups is 1. The molecule has 0 aliphatic heterocycles. The average molecular weight is 346 g/mol. The van der Waals surface area contributed by atoms with Gasteiger partial charge >= 0.3 is 0 Å². The van der Waals surface area contributed by atoms with E-state index in [1.165, 1.54) is 34.6 Å². The van der Waals surface area contributed by atoms with E-state index in [1.807, 2.05) is 12.3 Å². The molecule has 1 aliphatic rings. The Morgan fingerprint density at radius 1 is 1.38 bits per heavy atom. The number of hydrogen-bond donors (Lipinski definition) is 0. The predicted octanol–water partition coefficient (Wildman–Crippen LogP) is 4.98. The molecule has 4 heteroatoms. The van der Waals surface area contributed by atoms with Gasteiger partial charge in [0.1, 0.15) is 5.75 Å². The van der Waals surface area contributed by atoms with Crippen molar-refractivity contribution in [3.63, 3.8) is 0 Å². The summed E-state index contributed by atoms with van der Waals surface area (Å²) >= 11 is 1.71. The normalized spacial score (nSPS) is 14.8. The van der Waals surface area contributed by atoms with Gasteiger partial charge in [-0.25, -0.2) is 0 Å². The third-order valence-electron chi connectivity index (χ3n) is 4.15. The first-order valence-corrected chi connectivity index (χ1v) is 9.61. The molecule has 0 spiro atoms. The number of carbonyl (C=O) groups excluding carboxylic acids is 1. The van der Waals surface area contributed by atoms with E-state index in [9.17, 15) is 4.79 Å². The monoisotopic (exact) mass is 345 g/mol. The fourth-order valence-corrected chi connectivity index (χ4v) is 3.04. The van der Waals surface area contributed by atoms with Gasteiger partial charge < -0.3 is 9.64 Å². The van der Waals surface area contributed by atoms with Crippen molar-refractivity contribution in [2.45, 2.75) is 38.0 Å². The molecule has 0 N–H and O–H groups in total. The SMILES string of the molecule is CSc1ccc(OCC2CCC2)c(/C(C=C(C)C)=C/N(C)C=O)c1. The Morgan fingerprint density at radius 3 is 2.67 bits per heavy atom. The fourth-order valence-electron chi connectivity index (χ4n) is 2.60. The van der Waals surface area contributed by atoms with E-state index in [0.717, 1.165) is 29.9 Å². The number of amides is 1. The van der Waals surface area contributed by atoms with Crippen LogP contribution in [0.3, 0.4) is 0 Å². The highest BCUT2D eigenvalue weighted by atomic mass is 32.2. The van der Waals surface area contributed by atoms with Crippen LogP contribution < -0.4 is 4.74 Å². The zero-order valence-corrected chi connectivity index (χ0v) is 15.9. The molecule has 0 unspecified atom stereocenters. The lowest BCUT2D eigenvalue weighted by atomic mass is 9.86. The summed E-state index contributed by atoms with van der Waals surface area (Å²) in [6.45, 7) is 4.89. The summed E-state index contributed by atoms with van der Waals surface area (Å²) in [5, 5.41) is 0. The molecule has 1 aromatic carbocycles. The second-order valence-electron chi connectivity index (χ2n) is 6.55. The minimum Gasteiger partial charge on any atom is -0.493 e. The van der Waals surface area contributed by atoms with Crippen molar-refractivity contribution in [3.05, 3.63) is 41.6 Å². The lowest BCUT2D eigenvalue weighted by Gasteiger charge is -2.26. The molecule has 1 amide bonds. The summed E-state index contributed by atoms with van der Waals surface area (Å²) < 4.78 is 6.13. The minimum atomic E-state index is 0.687. The Hall–Kier alpha value is -1.68. The number of nitrogens with zero attached hydrogens (tertiary/aromatic N) is 1. The van der Waals surface area contributed by atoms with Crippen LogP contribution in [0.4, 0.5) is 0 Å². The van der Waals surface area contributed by atoms with Crippen LogP contribution in [0.5, 0.6) is 5.75 Å². The van der Waals surface area contributed by atoms with Gasteiger partial charge in [0.25, 0.3) is 0 Å². The second-order valence-corrected chi connectivity index (χ2v) is 7.43. The van der Waals surface area contributed by atoms with Gasteiger partial charge in [0, 0.05) is 29.3 Å². The number of thioether (sulfide) groups is 1. The molecule has 0 aromatic heterocycles. The number of rotatable bonds is 8. The fraction of sp³-hybridized carbons (Fsp3) is 0.450. The van der Waals surface area contributed by atoms with E-state index < -0.39 is 0 Å². The minimum absolute atomic E-state index is 0.687. The summed E-state index contributed by atoms with van der Waals surface area (Å²) in [6.07, 6.45) is 10.7. The van der Waals surface area contributed by atoms with Crippen molar-refractivity contribution in [2.24, 2.45) is 5.92 Å². The molecule has 1 saturated carbocycles. The van der Waals surface area contributed by atoms with Gasteiger partial charge in [-0.05, 0) is 57.1 Å². The maximum Gasteiger partial charge on any atom is 0.213 e. The molecule has 0 atom stereocenters. The number of allylic oxidation sites excluding steroid dienone is 3. The van der Waals surface area contributed by atoms with E-state index in [0.29, 0.717) is 5.92 Å². The molecule has 0 bridgehead atoms. The molecule has 1 aliphatic carbocycles. The number of ether oxygens (including phenoxy) is 1. The smallest absolute Gasteiger partial charge is 0.213 e. The van der Waals surface area contributed by atoms with Crippen LogP contribution in [0, 0.1) is 5.92 Å². The van der Waals surface area contributed by atoms with Gasteiger partial charge in [-0.1, -0.05) is 18.1 Å². The topological polar surface area (TPSA) is 29.5 Å². The highest BCUT2D eigenvalue weighted by molar-refractivity contribution is 7.98. The van der Waals surface area contributed by atoms with Gasteiger partial charge in [-0.3, -0.25) is 4.79 Å². The molecule has 24 heavy (non-hydrogen) atoms. The van der Waals surface area contributed by atoms with E-state index in [-0.39, 0.29) is 0 Å². The maximum atomic E-state index is 11.1. The van der Waals surface area contributed by atoms with Gasteiger partial charge in [0.05, 0.1) is 6.61 Å². The molecule has 1 fully saturated rings. The van der Waals surface area contributed by atoms with Crippen LogP contribution in [0.2, 0.25) is 0 Å². The summed E-state index contributed by atoms with van der Waals surface area (Å²) in [5.41, 5.74) is 3.21. The lowest BCUT2D eigenvalue weighted by Crippen LogP contribution is -2.19. The quantitative estimate of drug-likeness (QED) is 0.378. The lowest BCUT2D eigenvalue weighted by molar-refractivity contribution is -0.114. The van der Waals surface area contributed by atoms with Crippen molar-refractivity contribution in [2.75, 3.05) is 19.9 Å². The van der Waals surface area contributed by atoms with Crippen molar-refractivity contribution < 1.29 is 9.53 Å². The van der Waals surface area contributed by atoms with Crippen molar-refractivity contribution in [1.82, 2.24) is 4.90 Å². The molecule has 1 aromatic rings. The Labute approximate surface area is 149 Å². The largest absolute Gasteiger partial charge is 0.493 e. The Balaban J connectivity index is 2.38. The number of benzene rings is 1. The van der Waals surface area contributed by atoms with Crippen LogP contribution in [-0.4, -0.2) is 31.2 Å². The molecule has 130 valence electrons. The zero-order chi connectivity index (χ0) is 17.5. The standard InChI is InChI=1S/C20H27NO2S/c1-15(2)10-17(12-21(3)14-22)19-11-18(24-4)8-9-20(19)23-13-16-6-5-7-16/h8-12,14,16H,5-7,13H2,1-4H3/b17-12+. The van der Waals surface area contributed by atoms with Crippen LogP contribution in [-0.2, 0) is 4.79 Å². The van der Waals surface area contributed by atoms with Gasteiger partial charge in [-0.15, -0.1) is 11.8 Å². The van der Waals surface area contributed by atoms with Gasteiger partial charge in [0.15, 0.2) is 0 Å². The predicted molar refractivity (Wildman–Crippen MR) is 102 cm³/mol. The zero-order valence-electron chi connectivity index (χ0n) is 15.0. The maximum absolute atomic E-state index is 11.1. The summed E-state index contributed by atoms with van der Waals surface area (Å²) in [6, 6.07) is 6.28. The van der Waals surface area contributed by atoms with Crippen LogP contribution in [0.1, 0.15) is 38.7 Å². The van der Waals surface area contributed by atoms with Crippen LogP contribution in [0.15, 0.2) is 40.9 Å². The summed E-state index contributed by atoms with van der Waals surface area (Å²) in [4.78, 5) is 13.8. The van der Waals surface area contributed by atoms with E-state index in [4.69, 9.17) is 4.74 Å². The third kappa shape index (κ3) is 5.17. The first-order chi connectivity index (χ1) is 11.5.